The average Bonchev–Trinajstić information content (AvgIpc) is 2.63. The van der Waals surface area contributed by atoms with Gasteiger partial charge in [-0.2, -0.15) is 0 Å². The lowest BCUT2D eigenvalue weighted by Crippen LogP contribution is -2.45. The van der Waals surface area contributed by atoms with Crippen molar-refractivity contribution in [1.29, 1.82) is 0 Å². The standard InChI is InChI=1S/C19H23N3O5/c1-11-6-8-15(9-7-11)27-18(23)16-12(2)20-19(24)21-17(16)13-4-3-5-14(10-13)22(25)26/h3-5,10-11,15,17H,6-9H2,1-2H3,(H2,20,21,24)/t11?,15?,17-/m1/s1. The Morgan fingerprint density at radius 1 is 1.26 bits per heavy atom. The van der Waals surface area contributed by atoms with Crippen LogP contribution < -0.4 is 10.6 Å². The largest absolute Gasteiger partial charge is 0.459 e. The molecule has 27 heavy (non-hydrogen) atoms. The Labute approximate surface area is 157 Å². The molecule has 2 amide bonds. The fourth-order valence-corrected chi connectivity index (χ4v) is 3.59. The van der Waals surface area contributed by atoms with Crippen molar-refractivity contribution < 1.29 is 19.2 Å². The first-order valence-electron chi connectivity index (χ1n) is 9.08. The van der Waals surface area contributed by atoms with Crippen LogP contribution in [0.3, 0.4) is 0 Å². The van der Waals surface area contributed by atoms with Gasteiger partial charge in [-0.05, 0) is 44.1 Å². The van der Waals surface area contributed by atoms with Crippen molar-refractivity contribution >= 4 is 17.7 Å². The summed E-state index contributed by atoms with van der Waals surface area (Å²) in [6.45, 7) is 3.81. The number of carbonyl (C=O) groups excluding carboxylic acids is 2. The van der Waals surface area contributed by atoms with E-state index in [1.165, 1.54) is 18.2 Å². The van der Waals surface area contributed by atoms with Gasteiger partial charge in [0, 0.05) is 17.8 Å². The summed E-state index contributed by atoms with van der Waals surface area (Å²) >= 11 is 0. The highest BCUT2D eigenvalue weighted by Crippen LogP contribution is 2.32. The van der Waals surface area contributed by atoms with Crippen molar-refractivity contribution in [1.82, 2.24) is 10.6 Å². The van der Waals surface area contributed by atoms with Crippen LogP contribution in [-0.4, -0.2) is 23.0 Å². The molecule has 1 aromatic rings. The first kappa shape index (κ1) is 18.9. The minimum Gasteiger partial charge on any atom is -0.459 e. The minimum absolute atomic E-state index is 0.105. The Balaban J connectivity index is 1.86. The Hall–Kier alpha value is -2.90. The molecule has 1 aliphatic carbocycles. The molecule has 144 valence electrons. The molecule has 1 aliphatic heterocycles. The second-order valence-electron chi connectivity index (χ2n) is 7.21. The number of carbonyl (C=O) groups is 2. The summed E-state index contributed by atoms with van der Waals surface area (Å²) in [5.74, 6) is 0.130. The zero-order valence-electron chi connectivity index (χ0n) is 15.4. The number of hydrogen-bond donors (Lipinski definition) is 2. The number of ether oxygens (including phenoxy) is 1. The zero-order valence-corrected chi connectivity index (χ0v) is 15.4. The maximum Gasteiger partial charge on any atom is 0.338 e. The van der Waals surface area contributed by atoms with E-state index in [1.54, 1.807) is 13.0 Å². The van der Waals surface area contributed by atoms with Crippen molar-refractivity contribution in [3.8, 4) is 0 Å². The Bertz CT molecular complexity index is 796. The van der Waals surface area contributed by atoms with Gasteiger partial charge in [-0.25, -0.2) is 9.59 Å². The van der Waals surface area contributed by atoms with Gasteiger partial charge in [0.1, 0.15) is 6.10 Å². The summed E-state index contributed by atoms with van der Waals surface area (Å²) in [4.78, 5) is 35.4. The maximum absolute atomic E-state index is 12.9. The molecule has 0 bridgehead atoms. The van der Waals surface area contributed by atoms with Crippen molar-refractivity contribution in [2.45, 2.75) is 51.7 Å². The Morgan fingerprint density at radius 3 is 2.63 bits per heavy atom. The molecule has 2 aliphatic rings. The minimum atomic E-state index is -0.798. The summed E-state index contributed by atoms with van der Waals surface area (Å²) in [5.41, 5.74) is 1.02. The van der Waals surface area contributed by atoms with Crippen molar-refractivity contribution in [2.75, 3.05) is 0 Å². The molecule has 2 N–H and O–H groups in total. The van der Waals surface area contributed by atoms with Crippen LogP contribution in [0.1, 0.15) is 51.1 Å². The number of esters is 1. The average molecular weight is 373 g/mol. The number of nitrogens with one attached hydrogen (secondary N) is 2. The van der Waals surface area contributed by atoms with E-state index in [0.717, 1.165) is 25.7 Å². The van der Waals surface area contributed by atoms with Crippen molar-refractivity contribution in [3.05, 3.63) is 51.2 Å². The van der Waals surface area contributed by atoms with Gasteiger partial charge in [-0.3, -0.25) is 10.1 Å². The quantitative estimate of drug-likeness (QED) is 0.478. The number of hydrogen-bond acceptors (Lipinski definition) is 5. The van der Waals surface area contributed by atoms with E-state index in [2.05, 4.69) is 17.6 Å². The van der Waals surface area contributed by atoms with Gasteiger partial charge in [0.05, 0.1) is 16.5 Å². The summed E-state index contributed by atoms with van der Waals surface area (Å²) in [7, 11) is 0. The highest BCUT2D eigenvalue weighted by atomic mass is 16.6. The lowest BCUT2D eigenvalue weighted by Gasteiger charge is -2.31. The van der Waals surface area contributed by atoms with Gasteiger partial charge in [0.2, 0.25) is 0 Å². The van der Waals surface area contributed by atoms with Crippen LogP contribution in [0.2, 0.25) is 0 Å². The predicted molar refractivity (Wildman–Crippen MR) is 97.7 cm³/mol. The molecule has 3 rings (SSSR count). The molecule has 1 aromatic carbocycles. The molecule has 0 radical (unpaired) electrons. The Kier molecular flexibility index (Phi) is 5.43. The smallest absolute Gasteiger partial charge is 0.338 e. The predicted octanol–water partition coefficient (Wildman–Crippen LogP) is 3.34. The summed E-state index contributed by atoms with van der Waals surface area (Å²) in [6.07, 6.45) is 3.52. The van der Waals surface area contributed by atoms with Gasteiger partial charge in [-0.15, -0.1) is 0 Å². The Morgan fingerprint density at radius 2 is 1.96 bits per heavy atom. The second-order valence-corrected chi connectivity index (χ2v) is 7.21. The number of benzene rings is 1. The maximum atomic E-state index is 12.9. The number of urea groups is 1. The molecule has 0 aromatic heterocycles. The molecule has 1 fully saturated rings. The number of non-ortho nitro benzene ring substituents is 1. The topological polar surface area (TPSA) is 111 Å². The van der Waals surface area contributed by atoms with Gasteiger partial charge < -0.3 is 15.4 Å². The normalized spacial score (nSPS) is 25.4. The number of rotatable bonds is 4. The van der Waals surface area contributed by atoms with Crippen LogP contribution in [0.4, 0.5) is 10.5 Å². The van der Waals surface area contributed by atoms with Crippen LogP contribution in [0.5, 0.6) is 0 Å². The van der Waals surface area contributed by atoms with E-state index in [1.807, 2.05) is 0 Å². The first-order valence-corrected chi connectivity index (χ1v) is 9.08. The highest BCUT2D eigenvalue weighted by Gasteiger charge is 2.34. The zero-order chi connectivity index (χ0) is 19.6. The summed E-state index contributed by atoms with van der Waals surface area (Å²) in [5, 5.41) is 16.3. The summed E-state index contributed by atoms with van der Waals surface area (Å²) in [6, 6.07) is 4.64. The van der Waals surface area contributed by atoms with E-state index >= 15 is 0 Å². The molecular formula is C19H23N3O5. The molecule has 8 nitrogen and oxygen atoms in total. The number of allylic oxidation sites excluding steroid dienone is 1. The van der Waals surface area contributed by atoms with Gasteiger partial charge in [0.25, 0.3) is 5.69 Å². The van der Waals surface area contributed by atoms with Crippen LogP contribution >= 0.6 is 0 Å². The number of nitro benzene ring substituents is 1. The number of amides is 2. The molecular weight excluding hydrogens is 350 g/mol. The molecule has 1 heterocycles. The molecule has 1 saturated carbocycles. The van der Waals surface area contributed by atoms with Crippen molar-refractivity contribution in [3.63, 3.8) is 0 Å². The van der Waals surface area contributed by atoms with Crippen LogP contribution in [0, 0.1) is 16.0 Å². The van der Waals surface area contributed by atoms with Gasteiger partial charge >= 0.3 is 12.0 Å². The van der Waals surface area contributed by atoms with E-state index in [4.69, 9.17) is 4.74 Å². The lowest BCUT2D eigenvalue weighted by molar-refractivity contribution is -0.384. The van der Waals surface area contributed by atoms with E-state index in [9.17, 15) is 19.7 Å². The van der Waals surface area contributed by atoms with Gasteiger partial charge in [0.15, 0.2) is 0 Å². The fourth-order valence-electron chi connectivity index (χ4n) is 3.59. The third-order valence-corrected chi connectivity index (χ3v) is 5.14. The molecule has 8 heteroatoms. The van der Waals surface area contributed by atoms with E-state index in [-0.39, 0.29) is 17.4 Å². The fraction of sp³-hybridized carbons (Fsp3) is 0.474. The third-order valence-electron chi connectivity index (χ3n) is 5.14. The monoisotopic (exact) mass is 373 g/mol. The first-order chi connectivity index (χ1) is 12.8. The third kappa shape index (κ3) is 4.27. The molecule has 0 unspecified atom stereocenters. The van der Waals surface area contributed by atoms with Crippen LogP contribution in [0.25, 0.3) is 0 Å². The van der Waals surface area contributed by atoms with Crippen LogP contribution in [0.15, 0.2) is 35.5 Å². The SMILES string of the molecule is CC1=C(C(=O)OC2CCC(C)CC2)[C@@H](c2cccc([N+](=O)[O-])c2)NC(=O)N1. The van der Waals surface area contributed by atoms with E-state index < -0.39 is 23.0 Å². The lowest BCUT2D eigenvalue weighted by atomic mass is 9.88. The summed E-state index contributed by atoms with van der Waals surface area (Å²) < 4.78 is 5.69. The van der Waals surface area contributed by atoms with Gasteiger partial charge in [-0.1, -0.05) is 19.1 Å². The van der Waals surface area contributed by atoms with Crippen molar-refractivity contribution in [2.24, 2.45) is 5.92 Å². The molecule has 0 spiro atoms. The second kappa shape index (κ2) is 7.77. The molecule has 0 saturated heterocycles. The molecule has 1 atom stereocenters. The number of nitro groups is 1. The highest BCUT2D eigenvalue weighted by molar-refractivity contribution is 5.95. The number of nitrogens with zero attached hydrogens (tertiary/aromatic N) is 1. The van der Waals surface area contributed by atoms with E-state index in [0.29, 0.717) is 17.2 Å². The van der Waals surface area contributed by atoms with Crippen LogP contribution in [-0.2, 0) is 9.53 Å².